The van der Waals surface area contributed by atoms with Gasteiger partial charge in [0, 0.05) is 9.37 Å². The second-order valence-corrected chi connectivity index (χ2v) is 4.95. The molecule has 0 saturated heterocycles. The van der Waals surface area contributed by atoms with Crippen molar-refractivity contribution in [3.63, 3.8) is 0 Å². The number of benzene rings is 1. The first-order chi connectivity index (χ1) is 6.09. The predicted octanol–water partition coefficient (Wildman–Crippen LogP) is 2.42. The van der Waals surface area contributed by atoms with Crippen molar-refractivity contribution >= 4 is 33.6 Å². The van der Waals surface area contributed by atoms with Crippen molar-refractivity contribution in [3.05, 3.63) is 28.7 Å². The summed E-state index contributed by atoms with van der Waals surface area (Å²) in [4.78, 5) is 11.8. The summed E-state index contributed by atoms with van der Waals surface area (Å²) in [5.74, 6) is -0.287. The van der Waals surface area contributed by atoms with Gasteiger partial charge in [0.05, 0.1) is 5.25 Å². The van der Waals surface area contributed by atoms with E-state index in [2.05, 4.69) is 15.9 Å². The highest BCUT2D eigenvalue weighted by molar-refractivity contribution is 9.10. The Morgan fingerprint density at radius 3 is 2.85 bits per heavy atom. The molecule has 0 spiro atoms. The quantitative estimate of drug-likeness (QED) is 0.848. The van der Waals surface area contributed by atoms with Gasteiger partial charge in [-0.1, -0.05) is 22.0 Å². The maximum absolute atomic E-state index is 10.8. The van der Waals surface area contributed by atoms with Crippen LogP contribution in [0.15, 0.2) is 33.6 Å². The second-order valence-electron chi connectivity index (χ2n) is 2.62. The third-order valence-electron chi connectivity index (χ3n) is 1.51. The first-order valence-electron chi connectivity index (χ1n) is 3.81. The molecule has 2 N–H and O–H groups in total. The molecule has 1 aromatic rings. The van der Waals surface area contributed by atoms with Crippen LogP contribution in [0.1, 0.15) is 6.92 Å². The molecule has 1 aromatic carbocycles. The van der Waals surface area contributed by atoms with E-state index in [-0.39, 0.29) is 11.2 Å². The number of carbonyl (C=O) groups is 1. The van der Waals surface area contributed by atoms with Crippen molar-refractivity contribution in [3.8, 4) is 0 Å². The number of hydrogen-bond acceptors (Lipinski definition) is 2. The summed E-state index contributed by atoms with van der Waals surface area (Å²) in [5, 5.41) is -0.186. The van der Waals surface area contributed by atoms with E-state index in [1.165, 1.54) is 11.8 Å². The molecule has 0 aliphatic carbocycles. The van der Waals surface area contributed by atoms with Crippen molar-refractivity contribution in [1.82, 2.24) is 0 Å². The molecule has 70 valence electrons. The molecule has 1 atom stereocenters. The lowest BCUT2D eigenvalue weighted by molar-refractivity contribution is -0.117. The fourth-order valence-electron chi connectivity index (χ4n) is 0.803. The smallest absolute Gasteiger partial charge is 0.230 e. The summed E-state index contributed by atoms with van der Waals surface area (Å²) in [6.45, 7) is 1.80. The van der Waals surface area contributed by atoms with E-state index in [9.17, 15) is 4.79 Å². The van der Waals surface area contributed by atoms with E-state index in [1.807, 2.05) is 24.3 Å². The SMILES string of the molecule is CC(Sc1cccc(Br)c1)C(N)=O. The van der Waals surface area contributed by atoms with Crippen molar-refractivity contribution in [2.75, 3.05) is 0 Å². The summed E-state index contributed by atoms with van der Waals surface area (Å²) < 4.78 is 1.01. The molecule has 1 unspecified atom stereocenters. The molecular formula is C9H10BrNOS. The highest BCUT2D eigenvalue weighted by Crippen LogP contribution is 2.25. The first-order valence-corrected chi connectivity index (χ1v) is 5.48. The average molecular weight is 260 g/mol. The van der Waals surface area contributed by atoms with Gasteiger partial charge in [0.1, 0.15) is 0 Å². The Labute approximate surface area is 90.0 Å². The number of primary amides is 1. The van der Waals surface area contributed by atoms with Gasteiger partial charge in [0.15, 0.2) is 0 Å². The Morgan fingerprint density at radius 2 is 2.31 bits per heavy atom. The van der Waals surface area contributed by atoms with Crippen molar-refractivity contribution in [1.29, 1.82) is 0 Å². The molecule has 0 heterocycles. The van der Waals surface area contributed by atoms with Crippen molar-refractivity contribution in [2.45, 2.75) is 17.1 Å². The summed E-state index contributed by atoms with van der Waals surface area (Å²) in [6, 6.07) is 7.79. The topological polar surface area (TPSA) is 43.1 Å². The number of carbonyl (C=O) groups excluding carboxylic acids is 1. The fraction of sp³-hybridized carbons (Fsp3) is 0.222. The van der Waals surface area contributed by atoms with Crippen LogP contribution < -0.4 is 5.73 Å². The standard InChI is InChI=1S/C9H10BrNOS/c1-6(9(11)12)13-8-4-2-3-7(10)5-8/h2-6H,1H3,(H2,11,12). The molecule has 0 aromatic heterocycles. The minimum absolute atomic E-state index is 0.186. The van der Waals surface area contributed by atoms with E-state index in [0.717, 1.165) is 9.37 Å². The molecule has 0 aliphatic rings. The van der Waals surface area contributed by atoms with Gasteiger partial charge in [-0.15, -0.1) is 11.8 Å². The van der Waals surface area contributed by atoms with Gasteiger partial charge < -0.3 is 5.73 Å². The van der Waals surface area contributed by atoms with Gasteiger partial charge in [0.25, 0.3) is 0 Å². The van der Waals surface area contributed by atoms with Crippen LogP contribution in [0.25, 0.3) is 0 Å². The molecule has 1 rings (SSSR count). The monoisotopic (exact) mass is 259 g/mol. The number of rotatable bonds is 3. The Morgan fingerprint density at radius 1 is 1.62 bits per heavy atom. The van der Waals surface area contributed by atoms with Crippen LogP contribution in [0.3, 0.4) is 0 Å². The van der Waals surface area contributed by atoms with Gasteiger partial charge >= 0.3 is 0 Å². The molecule has 0 radical (unpaired) electrons. The van der Waals surface area contributed by atoms with Crippen LogP contribution in [0.2, 0.25) is 0 Å². The normalized spacial score (nSPS) is 12.5. The zero-order valence-corrected chi connectivity index (χ0v) is 9.56. The second kappa shape index (κ2) is 4.67. The predicted molar refractivity (Wildman–Crippen MR) is 58.7 cm³/mol. The Balaban J connectivity index is 2.69. The summed E-state index contributed by atoms with van der Waals surface area (Å²) >= 11 is 4.82. The van der Waals surface area contributed by atoms with E-state index in [1.54, 1.807) is 6.92 Å². The minimum Gasteiger partial charge on any atom is -0.369 e. The Kier molecular flexibility index (Phi) is 3.81. The fourth-order valence-corrected chi connectivity index (χ4v) is 2.23. The van der Waals surface area contributed by atoms with Crippen LogP contribution in [-0.4, -0.2) is 11.2 Å². The lowest BCUT2D eigenvalue weighted by atomic mass is 10.4. The van der Waals surface area contributed by atoms with Crippen LogP contribution in [0.5, 0.6) is 0 Å². The van der Waals surface area contributed by atoms with E-state index < -0.39 is 0 Å². The van der Waals surface area contributed by atoms with Gasteiger partial charge in [-0.25, -0.2) is 0 Å². The zero-order valence-electron chi connectivity index (χ0n) is 7.16. The molecule has 2 nitrogen and oxygen atoms in total. The highest BCUT2D eigenvalue weighted by Gasteiger charge is 2.09. The van der Waals surface area contributed by atoms with Crippen LogP contribution in [0.4, 0.5) is 0 Å². The van der Waals surface area contributed by atoms with Crippen molar-refractivity contribution < 1.29 is 4.79 Å². The summed E-state index contributed by atoms with van der Waals surface area (Å²) in [6.07, 6.45) is 0. The van der Waals surface area contributed by atoms with Crippen molar-refractivity contribution in [2.24, 2.45) is 5.73 Å². The average Bonchev–Trinajstić information content (AvgIpc) is 2.04. The van der Waals surface area contributed by atoms with Gasteiger partial charge in [-0.05, 0) is 25.1 Å². The van der Waals surface area contributed by atoms with Crippen LogP contribution in [-0.2, 0) is 4.79 Å². The number of hydrogen-bond donors (Lipinski definition) is 1. The maximum atomic E-state index is 10.8. The molecule has 0 fully saturated rings. The summed E-state index contributed by atoms with van der Waals surface area (Å²) in [5.41, 5.74) is 5.15. The largest absolute Gasteiger partial charge is 0.369 e. The zero-order chi connectivity index (χ0) is 9.84. The molecular weight excluding hydrogens is 250 g/mol. The third-order valence-corrected chi connectivity index (χ3v) is 3.11. The van der Waals surface area contributed by atoms with Gasteiger partial charge in [0.2, 0.25) is 5.91 Å². The van der Waals surface area contributed by atoms with Gasteiger partial charge in [-0.2, -0.15) is 0 Å². The van der Waals surface area contributed by atoms with E-state index in [4.69, 9.17) is 5.73 Å². The number of amides is 1. The van der Waals surface area contributed by atoms with Crippen LogP contribution in [0, 0.1) is 0 Å². The molecule has 1 amide bonds. The maximum Gasteiger partial charge on any atom is 0.230 e. The third kappa shape index (κ3) is 3.40. The first kappa shape index (κ1) is 10.6. The number of nitrogens with two attached hydrogens (primary N) is 1. The highest BCUT2D eigenvalue weighted by atomic mass is 79.9. The summed E-state index contributed by atoms with van der Waals surface area (Å²) in [7, 11) is 0. The minimum atomic E-state index is -0.287. The Bertz CT molecular complexity index is 316. The lowest BCUT2D eigenvalue weighted by Gasteiger charge is -2.06. The van der Waals surface area contributed by atoms with Gasteiger partial charge in [-0.3, -0.25) is 4.79 Å². The lowest BCUT2D eigenvalue weighted by Crippen LogP contribution is -2.22. The molecule has 13 heavy (non-hydrogen) atoms. The van der Waals surface area contributed by atoms with Crippen LogP contribution >= 0.6 is 27.7 Å². The Hall–Kier alpha value is -0.480. The number of thioether (sulfide) groups is 1. The van der Waals surface area contributed by atoms with E-state index in [0.29, 0.717) is 0 Å². The molecule has 4 heteroatoms. The molecule has 0 bridgehead atoms. The molecule has 0 saturated carbocycles. The number of halogens is 1. The molecule has 0 aliphatic heterocycles. The van der Waals surface area contributed by atoms with E-state index >= 15 is 0 Å².